The lowest BCUT2D eigenvalue weighted by Crippen LogP contribution is -2.26. The Hall–Kier alpha value is -4.87. The van der Waals surface area contributed by atoms with E-state index >= 15 is 0 Å². The lowest BCUT2D eigenvalue weighted by atomic mass is 10.2. The number of furan rings is 1. The minimum atomic E-state index is -0.898. The molecule has 3 aromatic heterocycles. The summed E-state index contributed by atoms with van der Waals surface area (Å²) in [7, 11) is 0. The summed E-state index contributed by atoms with van der Waals surface area (Å²) in [4.78, 5) is 39.7. The molecule has 0 fully saturated rings. The van der Waals surface area contributed by atoms with E-state index < -0.39 is 29.1 Å². The third kappa shape index (κ3) is 3.77. The summed E-state index contributed by atoms with van der Waals surface area (Å²) >= 11 is 0. The maximum Gasteiger partial charge on any atom is 0.326 e. The van der Waals surface area contributed by atoms with E-state index in [4.69, 9.17) is 13.6 Å². The van der Waals surface area contributed by atoms with Crippen LogP contribution in [0, 0.1) is 10.1 Å². The molecule has 2 aromatic carbocycles. The highest BCUT2D eigenvalue weighted by Gasteiger charge is 2.21. The molecule has 3 heterocycles. The quantitative estimate of drug-likeness (QED) is 0.208. The fourth-order valence-electron chi connectivity index (χ4n) is 3.39. The molecule has 0 aliphatic heterocycles. The minimum absolute atomic E-state index is 0.0277. The van der Waals surface area contributed by atoms with Gasteiger partial charge in [0.15, 0.2) is 6.10 Å². The predicted molar refractivity (Wildman–Crippen MR) is 117 cm³/mol. The van der Waals surface area contributed by atoms with Gasteiger partial charge in [0.2, 0.25) is 11.5 Å². The van der Waals surface area contributed by atoms with Gasteiger partial charge in [0.25, 0.3) is 17.1 Å². The molecule has 1 unspecified atom stereocenters. The number of fused-ring (bicyclic) bond motifs is 3. The van der Waals surface area contributed by atoms with Crippen molar-refractivity contribution in [3.05, 3.63) is 81.2 Å². The zero-order valence-corrected chi connectivity index (χ0v) is 17.6. The van der Waals surface area contributed by atoms with Crippen molar-refractivity contribution in [2.24, 2.45) is 0 Å². The van der Waals surface area contributed by atoms with Crippen molar-refractivity contribution in [1.29, 1.82) is 0 Å². The van der Waals surface area contributed by atoms with Crippen molar-refractivity contribution in [3.8, 4) is 11.5 Å². The van der Waals surface area contributed by atoms with Gasteiger partial charge in [0, 0.05) is 23.1 Å². The average Bonchev–Trinajstić information content (AvgIpc) is 3.47. The Labute approximate surface area is 189 Å². The molecule has 0 radical (unpaired) electrons. The number of nitro benzene ring substituents is 1. The third-order valence-electron chi connectivity index (χ3n) is 5.07. The van der Waals surface area contributed by atoms with Crippen molar-refractivity contribution >= 4 is 33.7 Å². The van der Waals surface area contributed by atoms with E-state index in [1.807, 2.05) is 6.07 Å². The molecular weight excluding hydrogens is 446 g/mol. The number of carbonyl (C=O) groups excluding carboxylic acids is 1. The van der Waals surface area contributed by atoms with Crippen LogP contribution in [0.3, 0.4) is 0 Å². The Kier molecular flexibility index (Phi) is 5.09. The highest BCUT2D eigenvalue weighted by molar-refractivity contribution is 6.01. The van der Waals surface area contributed by atoms with Crippen molar-refractivity contribution in [1.82, 2.24) is 19.7 Å². The smallest absolute Gasteiger partial charge is 0.326 e. The van der Waals surface area contributed by atoms with Crippen LogP contribution in [0.25, 0.3) is 33.5 Å². The Bertz CT molecular complexity index is 1600. The molecule has 0 spiro atoms. The molecule has 12 nitrogen and oxygen atoms in total. The molecule has 0 saturated carbocycles. The summed E-state index contributed by atoms with van der Waals surface area (Å²) in [5.74, 6) is -0.578. The predicted octanol–water partition coefficient (Wildman–Crippen LogP) is 3.41. The molecule has 0 aliphatic rings. The molecule has 0 saturated heterocycles. The van der Waals surface area contributed by atoms with Crippen molar-refractivity contribution < 1.29 is 23.3 Å². The molecule has 5 aromatic rings. The fraction of sp³-hybridized carbons (Fsp3) is 0.136. The van der Waals surface area contributed by atoms with E-state index in [0.29, 0.717) is 22.0 Å². The SMILES string of the molecule is CC(OC(=O)Cn1cnc2c(oc3ccccc32)c1=O)c1nnc(-c2ccc([N+](=O)[O-])cc2)o1. The Balaban J connectivity index is 1.30. The van der Waals surface area contributed by atoms with Crippen LogP contribution in [0.15, 0.2) is 68.5 Å². The summed E-state index contributed by atoms with van der Waals surface area (Å²) < 4.78 is 17.6. The number of hydrogen-bond acceptors (Lipinski definition) is 10. The number of benzene rings is 2. The first-order valence-electron chi connectivity index (χ1n) is 10.0. The number of nitro groups is 1. The minimum Gasteiger partial charge on any atom is -0.451 e. The van der Waals surface area contributed by atoms with Crippen LogP contribution < -0.4 is 5.56 Å². The number of para-hydroxylation sites is 1. The Morgan fingerprint density at radius 1 is 1.15 bits per heavy atom. The Morgan fingerprint density at radius 3 is 2.68 bits per heavy atom. The number of hydrogen-bond donors (Lipinski definition) is 0. The van der Waals surface area contributed by atoms with Gasteiger partial charge < -0.3 is 13.6 Å². The van der Waals surface area contributed by atoms with E-state index in [9.17, 15) is 19.7 Å². The van der Waals surface area contributed by atoms with Gasteiger partial charge in [-0.2, -0.15) is 0 Å². The second kappa shape index (κ2) is 8.24. The van der Waals surface area contributed by atoms with Crippen LogP contribution in [0.4, 0.5) is 5.69 Å². The summed E-state index contributed by atoms with van der Waals surface area (Å²) in [6.07, 6.45) is 0.364. The van der Waals surface area contributed by atoms with E-state index in [1.54, 1.807) is 18.2 Å². The van der Waals surface area contributed by atoms with Crippen LogP contribution in [-0.2, 0) is 16.1 Å². The van der Waals surface area contributed by atoms with E-state index in [1.165, 1.54) is 37.5 Å². The van der Waals surface area contributed by atoms with Crippen LogP contribution in [0.5, 0.6) is 0 Å². The number of esters is 1. The summed E-state index contributed by atoms with van der Waals surface area (Å²) in [5, 5.41) is 19.2. The van der Waals surface area contributed by atoms with Crippen molar-refractivity contribution in [2.75, 3.05) is 0 Å². The van der Waals surface area contributed by atoms with Gasteiger partial charge in [-0.1, -0.05) is 12.1 Å². The number of carbonyl (C=O) groups is 1. The molecule has 0 bridgehead atoms. The van der Waals surface area contributed by atoms with Gasteiger partial charge in [0.1, 0.15) is 17.6 Å². The van der Waals surface area contributed by atoms with E-state index in [-0.39, 0.29) is 23.1 Å². The highest BCUT2D eigenvalue weighted by Crippen LogP contribution is 2.25. The molecule has 0 amide bonds. The molecule has 0 aliphatic carbocycles. The maximum atomic E-state index is 12.8. The second-order valence-electron chi connectivity index (χ2n) is 7.34. The highest BCUT2D eigenvalue weighted by atomic mass is 16.6. The third-order valence-corrected chi connectivity index (χ3v) is 5.07. The van der Waals surface area contributed by atoms with Crippen LogP contribution in [0.2, 0.25) is 0 Å². The number of rotatable bonds is 6. The molecular formula is C22H15N5O7. The van der Waals surface area contributed by atoms with Crippen molar-refractivity contribution in [2.45, 2.75) is 19.6 Å². The second-order valence-corrected chi connectivity index (χ2v) is 7.34. The molecule has 170 valence electrons. The van der Waals surface area contributed by atoms with Gasteiger partial charge in [-0.15, -0.1) is 10.2 Å². The molecule has 1 atom stereocenters. The molecule has 0 N–H and O–H groups in total. The first-order valence-corrected chi connectivity index (χ1v) is 10.0. The first-order chi connectivity index (χ1) is 16.4. The number of nitrogens with zero attached hydrogens (tertiary/aromatic N) is 5. The van der Waals surface area contributed by atoms with Gasteiger partial charge in [-0.25, -0.2) is 4.98 Å². The molecule has 5 rings (SSSR count). The van der Waals surface area contributed by atoms with Gasteiger partial charge in [-0.3, -0.25) is 24.3 Å². The monoisotopic (exact) mass is 461 g/mol. The summed E-state index contributed by atoms with van der Waals surface area (Å²) in [5.41, 5.74) is 0.883. The Morgan fingerprint density at radius 2 is 1.91 bits per heavy atom. The first kappa shape index (κ1) is 21.0. The lowest BCUT2D eigenvalue weighted by molar-refractivity contribution is -0.384. The molecule has 34 heavy (non-hydrogen) atoms. The maximum absolute atomic E-state index is 12.8. The topological polar surface area (TPSA) is 156 Å². The van der Waals surface area contributed by atoms with Gasteiger partial charge in [0.05, 0.1) is 11.3 Å². The number of ether oxygens (including phenoxy) is 1. The largest absolute Gasteiger partial charge is 0.451 e. The molecule has 12 heteroatoms. The average molecular weight is 461 g/mol. The fourth-order valence-corrected chi connectivity index (χ4v) is 3.39. The zero-order chi connectivity index (χ0) is 23.8. The summed E-state index contributed by atoms with van der Waals surface area (Å²) in [6, 6.07) is 12.7. The van der Waals surface area contributed by atoms with Crippen LogP contribution in [0.1, 0.15) is 18.9 Å². The normalized spacial score (nSPS) is 12.1. The number of aromatic nitrogens is 4. The lowest BCUT2D eigenvalue weighted by Gasteiger charge is -2.10. The zero-order valence-electron chi connectivity index (χ0n) is 17.6. The number of non-ortho nitro benzene ring substituents is 1. The van der Waals surface area contributed by atoms with Crippen molar-refractivity contribution in [3.63, 3.8) is 0 Å². The van der Waals surface area contributed by atoms with E-state index in [0.717, 1.165) is 4.57 Å². The van der Waals surface area contributed by atoms with Gasteiger partial charge >= 0.3 is 5.97 Å². The standard InChI is InChI=1S/C22H15N5O7/c1-12(20-24-25-21(34-20)13-6-8-14(9-7-13)27(30)31)32-17(28)10-26-11-23-18-15-4-2-3-5-16(15)33-19(18)22(26)29/h2-9,11-12H,10H2,1H3. The van der Waals surface area contributed by atoms with Crippen LogP contribution in [-0.4, -0.2) is 30.6 Å². The summed E-state index contributed by atoms with van der Waals surface area (Å²) in [6.45, 7) is 1.14. The van der Waals surface area contributed by atoms with E-state index in [2.05, 4.69) is 15.2 Å². The van der Waals surface area contributed by atoms with Gasteiger partial charge in [-0.05, 0) is 31.2 Å². The van der Waals surface area contributed by atoms with Crippen LogP contribution >= 0.6 is 0 Å².